The molecule has 26 heavy (non-hydrogen) atoms. The van der Waals surface area contributed by atoms with Crippen LogP contribution < -0.4 is 5.56 Å². The third-order valence-corrected chi connectivity index (χ3v) is 5.37. The maximum atomic E-state index is 12.9. The summed E-state index contributed by atoms with van der Waals surface area (Å²) in [5.74, 6) is -0.639. The van der Waals surface area contributed by atoms with Crippen molar-refractivity contribution >= 4 is 33.3 Å². The Morgan fingerprint density at radius 2 is 1.96 bits per heavy atom. The summed E-state index contributed by atoms with van der Waals surface area (Å²) < 4.78 is 6.34. The third kappa shape index (κ3) is 3.06. The van der Waals surface area contributed by atoms with Crippen molar-refractivity contribution in [2.45, 2.75) is 26.8 Å². The molecule has 0 radical (unpaired) electrons. The Labute approximate surface area is 154 Å². The largest absolute Gasteiger partial charge is 0.462 e. The normalized spacial score (nSPS) is 12.1. The summed E-state index contributed by atoms with van der Waals surface area (Å²) in [5.41, 5.74) is 0.729. The molecule has 0 saturated carbocycles. The van der Waals surface area contributed by atoms with Crippen molar-refractivity contribution in [1.82, 2.24) is 9.55 Å². The van der Waals surface area contributed by atoms with Crippen LogP contribution >= 0.6 is 11.3 Å². The number of fused-ring (bicyclic) bond motifs is 1. The number of thiophene rings is 1. The fraction of sp³-hybridized carbons (Fsp3) is 0.263. The number of aryl methyl sites for hydroxylation is 1. The zero-order valence-corrected chi connectivity index (χ0v) is 15.5. The van der Waals surface area contributed by atoms with E-state index in [0.717, 1.165) is 11.3 Å². The highest BCUT2D eigenvalue weighted by Crippen LogP contribution is 2.28. The Morgan fingerprint density at radius 3 is 2.62 bits per heavy atom. The van der Waals surface area contributed by atoms with E-state index in [4.69, 9.17) is 4.74 Å². The van der Waals surface area contributed by atoms with Crippen LogP contribution in [0.3, 0.4) is 0 Å². The summed E-state index contributed by atoms with van der Waals surface area (Å²) in [6.45, 7) is 5.34. The van der Waals surface area contributed by atoms with Gasteiger partial charge in [0.2, 0.25) is 0 Å². The maximum absolute atomic E-state index is 12.9. The molecule has 1 atom stereocenters. The molecule has 1 aromatic carbocycles. The molecule has 6 nitrogen and oxygen atoms in total. The molecule has 134 valence electrons. The summed E-state index contributed by atoms with van der Waals surface area (Å²) in [5, 5.41) is 0.355. The Bertz CT molecular complexity index is 1040. The van der Waals surface area contributed by atoms with E-state index in [2.05, 4.69) is 4.98 Å². The molecule has 0 bridgehead atoms. The molecule has 3 rings (SSSR count). The summed E-state index contributed by atoms with van der Waals surface area (Å²) in [6.07, 6.45) is 1.36. The third-order valence-electron chi connectivity index (χ3n) is 4.19. The number of Topliss-reactive ketones (excluding diaryl/α,β-unsaturated/α-hetero) is 1. The van der Waals surface area contributed by atoms with Gasteiger partial charge in [0.25, 0.3) is 5.56 Å². The fourth-order valence-corrected chi connectivity index (χ4v) is 3.81. The van der Waals surface area contributed by atoms with Crippen LogP contribution in [0.1, 0.15) is 45.5 Å². The molecule has 0 fully saturated rings. The lowest BCUT2D eigenvalue weighted by Crippen LogP contribution is -2.28. The van der Waals surface area contributed by atoms with Gasteiger partial charge in [0.05, 0.1) is 24.4 Å². The predicted octanol–water partition coefficient (Wildman–Crippen LogP) is 3.39. The van der Waals surface area contributed by atoms with Gasteiger partial charge in [0, 0.05) is 5.56 Å². The number of rotatable bonds is 5. The van der Waals surface area contributed by atoms with Crippen LogP contribution in [0.4, 0.5) is 0 Å². The molecule has 2 heterocycles. The minimum absolute atomic E-state index is 0.174. The number of benzene rings is 1. The first kappa shape index (κ1) is 18.0. The van der Waals surface area contributed by atoms with E-state index in [1.54, 1.807) is 45.0 Å². The standard InChI is InChI=1S/C19H18N2O4S/c1-4-25-19(24)16-11(2)14-17(26-16)20-10-21(18(14)23)12(3)15(22)13-8-6-5-7-9-13/h5-10,12H,4H2,1-3H3. The van der Waals surface area contributed by atoms with Crippen LogP contribution in [0, 0.1) is 6.92 Å². The van der Waals surface area contributed by atoms with E-state index in [1.165, 1.54) is 10.9 Å². The Morgan fingerprint density at radius 1 is 1.27 bits per heavy atom. The van der Waals surface area contributed by atoms with E-state index < -0.39 is 12.0 Å². The lowest BCUT2D eigenvalue weighted by molar-refractivity contribution is 0.0531. The highest BCUT2D eigenvalue weighted by molar-refractivity contribution is 7.20. The molecular formula is C19H18N2O4S. The first-order chi connectivity index (χ1) is 12.5. The number of hydrogen-bond acceptors (Lipinski definition) is 6. The van der Waals surface area contributed by atoms with Gasteiger partial charge in [-0.1, -0.05) is 30.3 Å². The number of ether oxygens (including phenoxy) is 1. The Hall–Kier alpha value is -2.80. The summed E-state index contributed by atoms with van der Waals surface area (Å²) >= 11 is 1.13. The second kappa shape index (κ2) is 7.21. The van der Waals surface area contributed by atoms with E-state index in [-0.39, 0.29) is 17.9 Å². The Kier molecular flexibility index (Phi) is 4.99. The number of nitrogens with zero attached hydrogens (tertiary/aromatic N) is 2. The number of carbonyl (C=O) groups is 2. The topological polar surface area (TPSA) is 78.3 Å². The van der Waals surface area contributed by atoms with Gasteiger partial charge in [-0.25, -0.2) is 9.78 Å². The quantitative estimate of drug-likeness (QED) is 0.508. The van der Waals surface area contributed by atoms with Gasteiger partial charge in [0.1, 0.15) is 9.71 Å². The fourth-order valence-electron chi connectivity index (χ4n) is 2.77. The second-order valence-electron chi connectivity index (χ2n) is 5.82. The van der Waals surface area contributed by atoms with Crippen LogP contribution in [0.15, 0.2) is 41.5 Å². The Balaban J connectivity index is 2.07. The summed E-state index contributed by atoms with van der Waals surface area (Å²) in [7, 11) is 0. The number of aromatic nitrogens is 2. The molecular weight excluding hydrogens is 352 g/mol. The molecule has 3 aromatic rings. The number of esters is 1. The molecule has 0 N–H and O–H groups in total. The van der Waals surface area contributed by atoms with Gasteiger partial charge < -0.3 is 4.74 Å². The van der Waals surface area contributed by atoms with Crippen molar-refractivity contribution in [1.29, 1.82) is 0 Å². The van der Waals surface area contributed by atoms with Crippen LogP contribution in [-0.4, -0.2) is 27.9 Å². The first-order valence-corrected chi connectivity index (χ1v) is 9.04. The van der Waals surface area contributed by atoms with Crippen LogP contribution in [0.2, 0.25) is 0 Å². The van der Waals surface area contributed by atoms with Crippen molar-refractivity contribution in [3.8, 4) is 0 Å². The van der Waals surface area contributed by atoms with Gasteiger partial charge in [-0.2, -0.15) is 0 Å². The van der Waals surface area contributed by atoms with Crippen molar-refractivity contribution in [3.05, 3.63) is 63.0 Å². The molecule has 0 saturated heterocycles. The van der Waals surface area contributed by atoms with E-state index in [0.29, 0.717) is 26.2 Å². The molecule has 0 aliphatic carbocycles. The van der Waals surface area contributed by atoms with Crippen molar-refractivity contribution in [2.75, 3.05) is 6.61 Å². The zero-order valence-electron chi connectivity index (χ0n) is 14.7. The molecule has 0 aliphatic rings. The minimum atomic E-state index is -0.702. The SMILES string of the molecule is CCOC(=O)c1sc2ncn(C(C)C(=O)c3ccccc3)c(=O)c2c1C. The average Bonchev–Trinajstić information content (AvgIpc) is 2.99. The maximum Gasteiger partial charge on any atom is 0.348 e. The monoisotopic (exact) mass is 370 g/mol. The highest BCUT2D eigenvalue weighted by atomic mass is 32.1. The molecule has 0 amide bonds. The molecule has 0 spiro atoms. The van der Waals surface area contributed by atoms with Crippen molar-refractivity contribution in [3.63, 3.8) is 0 Å². The van der Waals surface area contributed by atoms with Gasteiger partial charge >= 0.3 is 5.97 Å². The van der Waals surface area contributed by atoms with Gasteiger partial charge in [-0.15, -0.1) is 11.3 Å². The van der Waals surface area contributed by atoms with Crippen LogP contribution in [0.5, 0.6) is 0 Å². The molecule has 2 aromatic heterocycles. The van der Waals surface area contributed by atoms with E-state index >= 15 is 0 Å². The summed E-state index contributed by atoms with van der Waals surface area (Å²) in [6, 6.07) is 8.10. The molecule has 0 aliphatic heterocycles. The number of hydrogen-bond donors (Lipinski definition) is 0. The average molecular weight is 370 g/mol. The van der Waals surface area contributed by atoms with Gasteiger partial charge in [-0.3, -0.25) is 14.2 Å². The van der Waals surface area contributed by atoms with E-state index in [9.17, 15) is 14.4 Å². The summed E-state index contributed by atoms with van der Waals surface area (Å²) in [4.78, 5) is 42.8. The van der Waals surface area contributed by atoms with Crippen molar-refractivity contribution in [2.24, 2.45) is 0 Å². The van der Waals surface area contributed by atoms with Crippen molar-refractivity contribution < 1.29 is 14.3 Å². The molecule has 1 unspecified atom stereocenters. The lowest BCUT2D eigenvalue weighted by atomic mass is 10.1. The predicted molar refractivity (Wildman–Crippen MR) is 100 cm³/mol. The van der Waals surface area contributed by atoms with Gasteiger partial charge in [0.15, 0.2) is 5.78 Å². The zero-order chi connectivity index (χ0) is 18.8. The van der Waals surface area contributed by atoms with E-state index in [1.807, 2.05) is 6.07 Å². The molecule has 7 heteroatoms. The highest BCUT2D eigenvalue weighted by Gasteiger charge is 2.23. The number of carbonyl (C=O) groups excluding carboxylic acids is 2. The van der Waals surface area contributed by atoms with Crippen LogP contribution in [0.25, 0.3) is 10.2 Å². The van der Waals surface area contributed by atoms with Gasteiger partial charge in [-0.05, 0) is 26.3 Å². The first-order valence-electron chi connectivity index (χ1n) is 8.22. The second-order valence-corrected chi connectivity index (χ2v) is 6.82. The van der Waals surface area contributed by atoms with Crippen LogP contribution in [-0.2, 0) is 4.74 Å². The minimum Gasteiger partial charge on any atom is -0.462 e. The lowest BCUT2D eigenvalue weighted by Gasteiger charge is -2.13. The smallest absolute Gasteiger partial charge is 0.348 e. The number of ketones is 1.